The molecule has 0 aliphatic rings. The van der Waals surface area contributed by atoms with Crippen LogP contribution in [0.4, 0.5) is 0 Å². The number of carbonyl (C=O) groups excluding carboxylic acids is 5. The van der Waals surface area contributed by atoms with Gasteiger partial charge in [0.1, 0.15) is 37.6 Å². The molecule has 0 heterocycles. The molecule has 0 radical (unpaired) electrons. The lowest BCUT2D eigenvalue weighted by atomic mass is 9.86. The van der Waals surface area contributed by atoms with Crippen LogP contribution in [0.5, 0.6) is 0 Å². The lowest BCUT2D eigenvalue weighted by Crippen LogP contribution is -2.41. The molecule has 0 aromatic heterocycles. The van der Waals surface area contributed by atoms with Gasteiger partial charge in [-0.15, -0.1) is 0 Å². The summed E-state index contributed by atoms with van der Waals surface area (Å²) in [5.74, 6) is -2.41. The summed E-state index contributed by atoms with van der Waals surface area (Å²) in [6.07, 6.45) is 0.186. The van der Waals surface area contributed by atoms with E-state index in [-0.39, 0.29) is 63.4 Å². The van der Waals surface area contributed by atoms with Crippen LogP contribution in [-0.4, -0.2) is 62.5 Å². The largest absolute Gasteiger partial charge is 0.466 e. The first-order chi connectivity index (χ1) is 14.4. The summed E-state index contributed by atoms with van der Waals surface area (Å²) in [6.45, 7) is 9.73. The second kappa shape index (κ2) is 13.9. The SMILES string of the molecule is CCOC(=O)C(C)(CC)COCC(CC)(COC(=O)CC(C)=O)COC(=O)CC(C)=O. The van der Waals surface area contributed by atoms with Crippen molar-refractivity contribution in [3.63, 3.8) is 0 Å². The lowest BCUT2D eigenvalue weighted by Gasteiger charge is -2.33. The Morgan fingerprint density at radius 2 is 1.16 bits per heavy atom. The van der Waals surface area contributed by atoms with Gasteiger partial charge < -0.3 is 18.9 Å². The van der Waals surface area contributed by atoms with Gasteiger partial charge in [-0.3, -0.25) is 24.0 Å². The topological polar surface area (TPSA) is 122 Å². The van der Waals surface area contributed by atoms with Crippen LogP contribution in [0.25, 0.3) is 0 Å². The lowest BCUT2D eigenvalue weighted by molar-refractivity contribution is -0.163. The monoisotopic (exact) mass is 444 g/mol. The third kappa shape index (κ3) is 11.1. The van der Waals surface area contributed by atoms with Gasteiger partial charge in [0.05, 0.1) is 30.7 Å². The van der Waals surface area contributed by atoms with E-state index in [4.69, 9.17) is 18.9 Å². The maximum Gasteiger partial charge on any atom is 0.314 e. The number of rotatable bonds is 16. The summed E-state index contributed by atoms with van der Waals surface area (Å²) in [4.78, 5) is 58.2. The molecule has 0 bridgehead atoms. The van der Waals surface area contributed by atoms with Crippen LogP contribution < -0.4 is 0 Å². The van der Waals surface area contributed by atoms with Crippen molar-refractivity contribution in [2.45, 2.75) is 67.2 Å². The standard InChI is InChI=1S/C22H36O9/c1-7-21(6,20(27)29-9-3)12-28-13-22(8-2,14-30-18(25)10-16(4)23)15-31-19(26)11-17(5)24/h7-15H2,1-6H3. The highest BCUT2D eigenvalue weighted by Gasteiger charge is 2.37. The molecule has 0 N–H and O–H groups in total. The van der Waals surface area contributed by atoms with E-state index >= 15 is 0 Å². The molecule has 0 saturated heterocycles. The quantitative estimate of drug-likeness (QED) is 0.201. The first-order valence-corrected chi connectivity index (χ1v) is 10.5. The van der Waals surface area contributed by atoms with Gasteiger partial charge >= 0.3 is 17.9 Å². The van der Waals surface area contributed by atoms with Gasteiger partial charge in [0.25, 0.3) is 0 Å². The van der Waals surface area contributed by atoms with Crippen LogP contribution in [0, 0.1) is 10.8 Å². The highest BCUT2D eigenvalue weighted by Crippen LogP contribution is 2.28. The summed E-state index contributed by atoms with van der Waals surface area (Å²) in [6, 6.07) is 0. The van der Waals surface area contributed by atoms with E-state index in [2.05, 4.69) is 0 Å². The van der Waals surface area contributed by atoms with E-state index in [0.717, 1.165) is 0 Å². The van der Waals surface area contributed by atoms with Crippen molar-refractivity contribution in [1.82, 2.24) is 0 Å². The highest BCUT2D eigenvalue weighted by molar-refractivity contribution is 5.94. The van der Waals surface area contributed by atoms with Crippen molar-refractivity contribution in [3.8, 4) is 0 Å². The van der Waals surface area contributed by atoms with E-state index in [0.29, 0.717) is 12.8 Å². The van der Waals surface area contributed by atoms with Crippen LogP contribution >= 0.6 is 0 Å². The van der Waals surface area contributed by atoms with Gasteiger partial charge in [0.15, 0.2) is 0 Å². The molecule has 0 aromatic carbocycles. The van der Waals surface area contributed by atoms with Crippen LogP contribution in [0.1, 0.15) is 67.2 Å². The van der Waals surface area contributed by atoms with E-state index in [1.165, 1.54) is 13.8 Å². The summed E-state index contributed by atoms with van der Waals surface area (Å²) >= 11 is 0. The fourth-order valence-corrected chi connectivity index (χ4v) is 2.51. The zero-order chi connectivity index (χ0) is 24.1. The molecule has 0 aromatic rings. The Kier molecular flexibility index (Phi) is 12.9. The second-order valence-corrected chi connectivity index (χ2v) is 8.06. The number of ketones is 2. The first kappa shape index (κ1) is 28.7. The highest BCUT2D eigenvalue weighted by atomic mass is 16.6. The summed E-state index contributed by atoms with van der Waals surface area (Å²) in [7, 11) is 0. The average molecular weight is 445 g/mol. The van der Waals surface area contributed by atoms with Crippen molar-refractivity contribution in [2.75, 3.05) is 33.0 Å². The van der Waals surface area contributed by atoms with Gasteiger partial charge in [0, 0.05) is 0 Å². The van der Waals surface area contributed by atoms with Gasteiger partial charge in [0.2, 0.25) is 0 Å². The molecular formula is C22H36O9. The fraction of sp³-hybridized carbons (Fsp3) is 0.773. The Morgan fingerprint density at radius 3 is 1.52 bits per heavy atom. The first-order valence-electron chi connectivity index (χ1n) is 10.5. The number of hydrogen-bond acceptors (Lipinski definition) is 9. The molecule has 0 spiro atoms. The van der Waals surface area contributed by atoms with Crippen LogP contribution in [0.2, 0.25) is 0 Å². The zero-order valence-electron chi connectivity index (χ0n) is 19.5. The van der Waals surface area contributed by atoms with E-state index in [1.54, 1.807) is 13.8 Å². The van der Waals surface area contributed by atoms with Crippen molar-refractivity contribution in [1.29, 1.82) is 0 Å². The minimum Gasteiger partial charge on any atom is -0.466 e. The molecule has 0 fully saturated rings. The molecule has 0 aliphatic carbocycles. The molecule has 0 amide bonds. The summed E-state index contributed by atoms with van der Waals surface area (Å²) in [5, 5.41) is 0. The molecule has 31 heavy (non-hydrogen) atoms. The smallest absolute Gasteiger partial charge is 0.314 e. The summed E-state index contributed by atoms with van der Waals surface area (Å²) < 4.78 is 21.4. The molecule has 0 saturated carbocycles. The predicted molar refractivity (Wildman–Crippen MR) is 111 cm³/mol. The Labute approximate surface area is 184 Å². The van der Waals surface area contributed by atoms with Crippen molar-refractivity contribution >= 4 is 29.5 Å². The normalized spacial score (nSPS) is 13.1. The van der Waals surface area contributed by atoms with Gasteiger partial charge in [-0.2, -0.15) is 0 Å². The molecule has 1 unspecified atom stereocenters. The summed E-state index contributed by atoms with van der Waals surface area (Å²) in [5.41, 5.74) is -1.76. The van der Waals surface area contributed by atoms with Crippen LogP contribution in [-0.2, 0) is 42.9 Å². The number of carbonyl (C=O) groups is 5. The molecular weight excluding hydrogens is 408 g/mol. The van der Waals surface area contributed by atoms with Crippen molar-refractivity contribution in [3.05, 3.63) is 0 Å². The van der Waals surface area contributed by atoms with Crippen molar-refractivity contribution in [2.24, 2.45) is 10.8 Å². The minimum atomic E-state index is -0.901. The van der Waals surface area contributed by atoms with Crippen molar-refractivity contribution < 1.29 is 42.9 Å². The zero-order valence-corrected chi connectivity index (χ0v) is 19.5. The van der Waals surface area contributed by atoms with Crippen LogP contribution in [0.3, 0.4) is 0 Å². The number of esters is 3. The Hall–Kier alpha value is -2.29. The second-order valence-electron chi connectivity index (χ2n) is 8.06. The Morgan fingerprint density at radius 1 is 0.677 bits per heavy atom. The van der Waals surface area contributed by atoms with Crippen LogP contribution in [0.15, 0.2) is 0 Å². The maximum absolute atomic E-state index is 12.3. The Balaban J connectivity index is 5.26. The van der Waals surface area contributed by atoms with Gasteiger partial charge in [-0.05, 0) is 40.5 Å². The maximum atomic E-state index is 12.3. The number of Topliss-reactive ketones (excluding diaryl/α,β-unsaturated/α-hetero) is 2. The number of hydrogen-bond donors (Lipinski definition) is 0. The Bertz CT molecular complexity index is 609. The minimum absolute atomic E-state index is 0.0270. The third-order valence-electron chi connectivity index (χ3n) is 4.99. The van der Waals surface area contributed by atoms with E-state index < -0.39 is 22.8 Å². The van der Waals surface area contributed by atoms with E-state index in [9.17, 15) is 24.0 Å². The number of ether oxygens (including phenoxy) is 4. The van der Waals surface area contributed by atoms with Gasteiger partial charge in [-0.25, -0.2) is 0 Å². The molecule has 0 aliphatic heterocycles. The predicted octanol–water partition coefficient (Wildman–Crippen LogP) is 2.42. The molecule has 9 nitrogen and oxygen atoms in total. The fourth-order valence-electron chi connectivity index (χ4n) is 2.51. The molecule has 178 valence electrons. The molecule has 1 atom stereocenters. The average Bonchev–Trinajstić information content (AvgIpc) is 2.68. The third-order valence-corrected chi connectivity index (χ3v) is 4.99. The van der Waals surface area contributed by atoms with Gasteiger partial charge in [-0.1, -0.05) is 13.8 Å². The van der Waals surface area contributed by atoms with E-state index in [1.807, 2.05) is 13.8 Å². The molecule has 9 heteroatoms. The molecule has 0 rings (SSSR count).